The number of hydrogen-bond acceptors (Lipinski definition) is 2. The molecule has 3 nitrogen and oxygen atoms in total. The Morgan fingerprint density at radius 1 is 1.20 bits per heavy atom. The summed E-state index contributed by atoms with van der Waals surface area (Å²) in [5.74, 6) is -0.313. The third kappa shape index (κ3) is 4.85. The van der Waals surface area contributed by atoms with E-state index in [1.54, 1.807) is 0 Å². The number of anilines is 1. The van der Waals surface area contributed by atoms with Crippen LogP contribution in [0.5, 0.6) is 0 Å². The van der Waals surface area contributed by atoms with Crippen molar-refractivity contribution in [1.82, 2.24) is 0 Å². The number of hydrogen-bond donors (Lipinski definition) is 2. The number of rotatable bonds is 3. The number of nitrogens with two attached hydrogens (primary N) is 1. The largest absolute Gasteiger partial charge is 0.416 e. The predicted octanol–water partition coefficient (Wildman–Crippen LogP) is 3.41. The van der Waals surface area contributed by atoms with Gasteiger partial charge in [0.05, 0.1) is 5.56 Å². The van der Waals surface area contributed by atoms with Crippen LogP contribution >= 0.6 is 0 Å². The molecular weight excluding hydrogens is 269 g/mol. The van der Waals surface area contributed by atoms with Crippen molar-refractivity contribution in [2.45, 2.75) is 39.4 Å². The zero-order valence-electron chi connectivity index (χ0n) is 11.7. The van der Waals surface area contributed by atoms with Crippen LogP contribution in [0.25, 0.3) is 0 Å². The van der Waals surface area contributed by atoms with Crippen molar-refractivity contribution < 1.29 is 18.0 Å². The van der Waals surface area contributed by atoms with Crippen molar-refractivity contribution in [3.8, 4) is 0 Å². The summed E-state index contributed by atoms with van der Waals surface area (Å²) in [6, 6.07) is 3.99. The first-order valence-electron chi connectivity index (χ1n) is 6.23. The zero-order valence-corrected chi connectivity index (χ0v) is 11.7. The lowest BCUT2D eigenvalue weighted by Gasteiger charge is -2.26. The predicted molar refractivity (Wildman–Crippen MR) is 72.1 cm³/mol. The summed E-state index contributed by atoms with van der Waals surface area (Å²) in [6.45, 7) is 5.76. The zero-order chi connectivity index (χ0) is 15.6. The number of carbonyl (C=O) groups excluding carboxylic acids is 1. The number of alkyl halides is 3. The van der Waals surface area contributed by atoms with Gasteiger partial charge in [0.15, 0.2) is 0 Å². The van der Waals surface area contributed by atoms with E-state index in [9.17, 15) is 18.0 Å². The Kier molecular flexibility index (Phi) is 4.81. The molecule has 1 aromatic rings. The van der Waals surface area contributed by atoms with Crippen molar-refractivity contribution in [3.63, 3.8) is 0 Å². The molecule has 0 heterocycles. The normalized spacial score (nSPS) is 13.9. The van der Waals surface area contributed by atoms with E-state index in [2.05, 4.69) is 5.32 Å². The molecule has 1 atom stereocenters. The molecule has 0 aliphatic rings. The van der Waals surface area contributed by atoms with Crippen LogP contribution in [0.3, 0.4) is 0 Å². The van der Waals surface area contributed by atoms with Gasteiger partial charge in [0.1, 0.15) is 0 Å². The maximum Gasteiger partial charge on any atom is 0.416 e. The molecule has 0 radical (unpaired) electrons. The molecule has 0 bridgehead atoms. The maximum atomic E-state index is 12.4. The number of benzene rings is 1. The average molecular weight is 288 g/mol. The molecule has 0 aliphatic heterocycles. The highest BCUT2D eigenvalue weighted by Gasteiger charge is 2.30. The van der Waals surface area contributed by atoms with Crippen molar-refractivity contribution in [3.05, 3.63) is 29.8 Å². The Balaban J connectivity index is 2.64. The molecule has 6 heteroatoms. The Labute approximate surface area is 116 Å². The minimum atomic E-state index is -4.38. The summed E-state index contributed by atoms with van der Waals surface area (Å²) in [6.07, 6.45) is -4.26. The van der Waals surface area contributed by atoms with Crippen LogP contribution in [0.4, 0.5) is 18.9 Å². The Bertz CT molecular complexity index is 461. The monoisotopic (exact) mass is 288 g/mol. The molecule has 0 fully saturated rings. The van der Waals surface area contributed by atoms with Crippen LogP contribution in [-0.2, 0) is 11.0 Å². The van der Waals surface area contributed by atoms with Crippen molar-refractivity contribution >= 4 is 11.6 Å². The van der Waals surface area contributed by atoms with E-state index in [0.29, 0.717) is 5.69 Å². The molecule has 1 rings (SSSR count). The SMILES string of the molecule is CC(C)(C)C(N)CC(=O)Nc1ccc(C(F)(F)F)cc1. The maximum absolute atomic E-state index is 12.4. The summed E-state index contributed by atoms with van der Waals surface area (Å²) in [7, 11) is 0. The summed E-state index contributed by atoms with van der Waals surface area (Å²) in [5, 5.41) is 2.54. The van der Waals surface area contributed by atoms with Gasteiger partial charge in [-0.15, -0.1) is 0 Å². The van der Waals surface area contributed by atoms with E-state index in [0.717, 1.165) is 12.1 Å². The molecule has 0 aliphatic carbocycles. The molecule has 20 heavy (non-hydrogen) atoms. The quantitative estimate of drug-likeness (QED) is 0.895. The lowest BCUT2D eigenvalue weighted by atomic mass is 9.85. The number of carbonyl (C=O) groups is 1. The highest BCUT2D eigenvalue weighted by Crippen LogP contribution is 2.29. The first kappa shape index (κ1) is 16.5. The molecule has 0 aromatic heterocycles. The lowest BCUT2D eigenvalue weighted by molar-refractivity contribution is -0.137. The second-order valence-electron chi connectivity index (χ2n) is 5.80. The fourth-order valence-corrected chi connectivity index (χ4v) is 1.46. The van der Waals surface area contributed by atoms with Crippen LogP contribution in [0.1, 0.15) is 32.8 Å². The van der Waals surface area contributed by atoms with Crippen LogP contribution in [0.2, 0.25) is 0 Å². The van der Waals surface area contributed by atoms with Gasteiger partial charge in [0, 0.05) is 18.2 Å². The fraction of sp³-hybridized carbons (Fsp3) is 0.500. The molecular formula is C14H19F3N2O. The van der Waals surface area contributed by atoms with Gasteiger partial charge in [-0.3, -0.25) is 4.79 Å². The molecule has 1 unspecified atom stereocenters. The number of nitrogens with one attached hydrogen (secondary N) is 1. The molecule has 0 saturated carbocycles. The molecule has 1 amide bonds. The minimum Gasteiger partial charge on any atom is -0.327 e. The van der Waals surface area contributed by atoms with Crippen LogP contribution in [-0.4, -0.2) is 11.9 Å². The van der Waals surface area contributed by atoms with Gasteiger partial charge in [0.2, 0.25) is 5.91 Å². The third-order valence-corrected chi connectivity index (χ3v) is 3.01. The van der Waals surface area contributed by atoms with Gasteiger partial charge in [-0.05, 0) is 29.7 Å². The standard InChI is InChI=1S/C14H19F3N2O/c1-13(2,3)11(18)8-12(20)19-10-6-4-9(5-7-10)14(15,16)17/h4-7,11H,8,18H2,1-3H3,(H,19,20). The van der Waals surface area contributed by atoms with Gasteiger partial charge in [-0.2, -0.15) is 13.2 Å². The third-order valence-electron chi connectivity index (χ3n) is 3.01. The highest BCUT2D eigenvalue weighted by atomic mass is 19.4. The average Bonchev–Trinajstić information content (AvgIpc) is 2.26. The van der Waals surface area contributed by atoms with E-state index in [4.69, 9.17) is 5.73 Å². The molecule has 3 N–H and O–H groups in total. The minimum absolute atomic E-state index is 0.116. The van der Waals surface area contributed by atoms with Crippen LogP contribution < -0.4 is 11.1 Å². The first-order valence-corrected chi connectivity index (χ1v) is 6.23. The van der Waals surface area contributed by atoms with Gasteiger partial charge in [-0.25, -0.2) is 0 Å². The lowest BCUT2D eigenvalue weighted by Crippen LogP contribution is -2.38. The van der Waals surface area contributed by atoms with E-state index >= 15 is 0 Å². The second kappa shape index (κ2) is 5.83. The topological polar surface area (TPSA) is 55.1 Å². The molecule has 0 saturated heterocycles. The summed E-state index contributed by atoms with van der Waals surface area (Å²) < 4.78 is 37.1. The van der Waals surface area contributed by atoms with Crippen molar-refractivity contribution in [1.29, 1.82) is 0 Å². The Morgan fingerprint density at radius 2 is 1.70 bits per heavy atom. The van der Waals surface area contributed by atoms with E-state index in [1.807, 2.05) is 20.8 Å². The summed E-state index contributed by atoms with van der Waals surface area (Å²) in [5.41, 5.74) is 5.24. The molecule has 112 valence electrons. The molecule has 1 aromatic carbocycles. The molecule has 0 spiro atoms. The summed E-state index contributed by atoms with van der Waals surface area (Å²) >= 11 is 0. The van der Waals surface area contributed by atoms with Gasteiger partial charge >= 0.3 is 6.18 Å². The van der Waals surface area contributed by atoms with Crippen LogP contribution in [0, 0.1) is 5.41 Å². The fourth-order valence-electron chi connectivity index (χ4n) is 1.46. The van der Waals surface area contributed by atoms with Crippen molar-refractivity contribution in [2.75, 3.05) is 5.32 Å². The second-order valence-corrected chi connectivity index (χ2v) is 5.80. The van der Waals surface area contributed by atoms with Crippen LogP contribution in [0.15, 0.2) is 24.3 Å². The van der Waals surface area contributed by atoms with Crippen molar-refractivity contribution in [2.24, 2.45) is 11.1 Å². The van der Waals surface area contributed by atoms with E-state index in [-0.39, 0.29) is 23.8 Å². The highest BCUT2D eigenvalue weighted by molar-refractivity contribution is 5.91. The van der Waals surface area contributed by atoms with E-state index in [1.165, 1.54) is 12.1 Å². The van der Waals surface area contributed by atoms with Gasteiger partial charge in [0.25, 0.3) is 0 Å². The van der Waals surface area contributed by atoms with Gasteiger partial charge in [-0.1, -0.05) is 20.8 Å². The first-order chi connectivity index (χ1) is 9.00. The number of halogens is 3. The van der Waals surface area contributed by atoms with Gasteiger partial charge < -0.3 is 11.1 Å². The smallest absolute Gasteiger partial charge is 0.327 e. The Hall–Kier alpha value is -1.56. The summed E-state index contributed by atoms with van der Waals surface area (Å²) in [4.78, 5) is 11.7. The Morgan fingerprint density at radius 3 is 2.10 bits per heavy atom. The number of amides is 1. The van der Waals surface area contributed by atoms with E-state index < -0.39 is 11.7 Å².